The molecule has 7 atom stereocenters. The smallest absolute Gasteiger partial charge is 0.121 e. The lowest BCUT2D eigenvalue weighted by Gasteiger charge is -2.61. The molecule has 24 heavy (non-hydrogen) atoms. The molecule has 3 saturated carbocycles. The molecule has 3 fully saturated rings. The van der Waals surface area contributed by atoms with Crippen LogP contribution in [0.3, 0.4) is 0 Å². The summed E-state index contributed by atoms with van der Waals surface area (Å²) in [5.74, 6) is 1.01. The predicted octanol–water partition coefficient (Wildman–Crippen LogP) is 3.34. The fourth-order valence-corrected chi connectivity index (χ4v) is 6.83. The van der Waals surface area contributed by atoms with Gasteiger partial charge in [-0.25, -0.2) is 0 Å². The maximum Gasteiger partial charge on any atom is 0.121 e. The zero-order valence-corrected chi connectivity index (χ0v) is 15.3. The lowest BCUT2D eigenvalue weighted by Crippen LogP contribution is -2.65. The van der Waals surface area contributed by atoms with Gasteiger partial charge < -0.3 is 15.3 Å². The lowest BCUT2D eigenvalue weighted by atomic mass is 9.47. The average Bonchev–Trinajstić information content (AvgIpc) is 2.86. The van der Waals surface area contributed by atoms with E-state index in [9.17, 15) is 15.3 Å². The van der Waals surface area contributed by atoms with Crippen LogP contribution in [0.15, 0.2) is 23.3 Å². The summed E-state index contributed by atoms with van der Waals surface area (Å²) in [7, 11) is 0. The van der Waals surface area contributed by atoms with Crippen LogP contribution in [0.1, 0.15) is 65.7 Å². The van der Waals surface area contributed by atoms with Crippen LogP contribution in [0, 0.1) is 22.7 Å². The van der Waals surface area contributed by atoms with Gasteiger partial charge >= 0.3 is 0 Å². The molecule has 4 aliphatic carbocycles. The van der Waals surface area contributed by atoms with E-state index in [1.54, 1.807) is 0 Å². The van der Waals surface area contributed by atoms with Gasteiger partial charge in [0, 0.05) is 5.41 Å². The van der Waals surface area contributed by atoms with E-state index in [-0.39, 0.29) is 11.5 Å². The van der Waals surface area contributed by atoms with Crippen LogP contribution in [0.25, 0.3) is 0 Å². The number of allylic oxidation sites excluding steroid dienone is 2. The van der Waals surface area contributed by atoms with Crippen molar-refractivity contribution in [2.45, 2.75) is 83.5 Å². The molecule has 4 aliphatic rings. The van der Waals surface area contributed by atoms with Crippen molar-refractivity contribution in [2.24, 2.45) is 22.7 Å². The van der Waals surface area contributed by atoms with E-state index in [2.05, 4.69) is 32.9 Å². The monoisotopic (exact) mass is 332 g/mol. The standard InChI is InChI=1S/C21H32O3/c1-4-13-5-7-16-17-8-6-14-11-15(22)9-10-20(14,3)21(17,24)18(23)12-19(13,16)2/h6,8,13,15-16,18,22-24H,4-5,7,9-12H2,1-3H3/t13-,15?,16-,18?,19+,20-,21-/m0/s1. The first-order valence-electron chi connectivity index (χ1n) is 9.77. The highest BCUT2D eigenvalue weighted by Gasteiger charge is 2.66. The summed E-state index contributed by atoms with van der Waals surface area (Å²) in [4.78, 5) is 0. The second kappa shape index (κ2) is 5.18. The van der Waals surface area contributed by atoms with Crippen molar-refractivity contribution in [3.8, 4) is 0 Å². The summed E-state index contributed by atoms with van der Waals surface area (Å²) in [6.07, 6.45) is 9.43. The van der Waals surface area contributed by atoms with Gasteiger partial charge in [-0.3, -0.25) is 0 Å². The van der Waals surface area contributed by atoms with Crippen molar-refractivity contribution in [1.82, 2.24) is 0 Å². The van der Waals surface area contributed by atoms with Crippen LogP contribution in [-0.2, 0) is 0 Å². The van der Waals surface area contributed by atoms with Gasteiger partial charge in [0.25, 0.3) is 0 Å². The Bertz CT molecular complexity index is 608. The summed E-state index contributed by atoms with van der Waals surface area (Å²) in [6, 6.07) is 0. The van der Waals surface area contributed by atoms with Gasteiger partial charge in [-0.2, -0.15) is 0 Å². The molecule has 134 valence electrons. The van der Waals surface area contributed by atoms with Gasteiger partial charge in [0.05, 0.1) is 12.2 Å². The van der Waals surface area contributed by atoms with Gasteiger partial charge in [0.1, 0.15) is 5.60 Å². The molecule has 0 radical (unpaired) electrons. The molecule has 3 heteroatoms. The van der Waals surface area contributed by atoms with Crippen molar-refractivity contribution in [1.29, 1.82) is 0 Å². The Morgan fingerprint density at radius 2 is 1.88 bits per heavy atom. The minimum atomic E-state index is -1.16. The van der Waals surface area contributed by atoms with E-state index >= 15 is 0 Å². The van der Waals surface area contributed by atoms with E-state index in [0.717, 1.165) is 30.4 Å². The van der Waals surface area contributed by atoms with Crippen molar-refractivity contribution in [2.75, 3.05) is 0 Å². The Kier molecular flexibility index (Phi) is 3.63. The molecule has 3 N–H and O–H groups in total. The molecule has 0 aromatic rings. The number of hydrogen-bond acceptors (Lipinski definition) is 3. The van der Waals surface area contributed by atoms with Crippen LogP contribution in [-0.4, -0.2) is 33.1 Å². The number of fused-ring (bicyclic) bond motifs is 5. The third-order valence-corrected chi connectivity index (χ3v) is 8.40. The highest BCUT2D eigenvalue weighted by atomic mass is 16.3. The van der Waals surface area contributed by atoms with Crippen LogP contribution < -0.4 is 0 Å². The second-order valence-electron chi connectivity index (χ2n) is 9.27. The first kappa shape index (κ1) is 16.8. The van der Waals surface area contributed by atoms with Crippen molar-refractivity contribution >= 4 is 0 Å². The predicted molar refractivity (Wildman–Crippen MR) is 94.3 cm³/mol. The van der Waals surface area contributed by atoms with E-state index in [1.165, 1.54) is 6.42 Å². The van der Waals surface area contributed by atoms with Crippen molar-refractivity contribution in [3.05, 3.63) is 23.3 Å². The zero-order chi connectivity index (χ0) is 17.3. The number of aliphatic hydroxyl groups is 3. The quantitative estimate of drug-likeness (QED) is 0.690. The molecule has 2 unspecified atom stereocenters. The van der Waals surface area contributed by atoms with Crippen LogP contribution >= 0.6 is 0 Å². The van der Waals surface area contributed by atoms with E-state index in [0.29, 0.717) is 31.1 Å². The number of rotatable bonds is 1. The minimum Gasteiger partial charge on any atom is -0.393 e. The highest BCUT2D eigenvalue weighted by Crippen LogP contribution is 2.66. The van der Waals surface area contributed by atoms with Crippen molar-refractivity contribution in [3.63, 3.8) is 0 Å². The second-order valence-corrected chi connectivity index (χ2v) is 9.27. The minimum absolute atomic E-state index is 0.0993. The number of hydrogen-bond donors (Lipinski definition) is 3. The Balaban J connectivity index is 1.83. The molecule has 0 aliphatic heterocycles. The first-order chi connectivity index (χ1) is 11.3. The Labute approximate surface area is 145 Å². The molecule has 0 saturated heterocycles. The third kappa shape index (κ3) is 1.84. The Hall–Kier alpha value is -0.640. The lowest BCUT2D eigenvalue weighted by molar-refractivity contribution is -0.170. The fourth-order valence-electron chi connectivity index (χ4n) is 6.83. The molecular weight excluding hydrogens is 300 g/mol. The maximum absolute atomic E-state index is 11.9. The Morgan fingerprint density at radius 1 is 1.12 bits per heavy atom. The summed E-state index contributed by atoms with van der Waals surface area (Å²) in [6.45, 7) is 6.69. The molecule has 0 bridgehead atoms. The summed E-state index contributed by atoms with van der Waals surface area (Å²) < 4.78 is 0. The zero-order valence-electron chi connectivity index (χ0n) is 15.3. The normalized spacial score (nSPS) is 53.6. The van der Waals surface area contributed by atoms with Crippen molar-refractivity contribution < 1.29 is 15.3 Å². The third-order valence-electron chi connectivity index (χ3n) is 8.40. The van der Waals surface area contributed by atoms with Gasteiger partial charge in [0.2, 0.25) is 0 Å². The van der Waals surface area contributed by atoms with Crippen LogP contribution in [0.5, 0.6) is 0 Å². The first-order valence-corrected chi connectivity index (χ1v) is 9.77. The SMILES string of the molecule is CC[C@H]1CC[C@H]2C3=CC=C4CC(O)CC[C@]4(C)[C@@]3(O)C(O)C[C@]12C. The van der Waals surface area contributed by atoms with Crippen LogP contribution in [0.2, 0.25) is 0 Å². The van der Waals surface area contributed by atoms with Crippen LogP contribution in [0.4, 0.5) is 0 Å². The van der Waals surface area contributed by atoms with E-state index in [1.807, 2.05) is 0 Å². The van der Waals surface area contributed by atoms with Gasteiger partial charge in [-0.05, 0) is 61.3 Å². The Morgan fingerprint density at radius 3 is 2.58 bits per heavy atom. The topological polar surface area (TPSA) is 60.7 Å². The van der Waals surface area contributed by atoms with E-state index in [4.69, 9.17) is 0 Å². The molecule has 0 aromatic heterocycles. The maximum atomic E-state index is 11.9. The van der Waals surface area contributed by atoms with Gasteiger partial charge in [-0.15, -0.1) is 0 Å². The molecule has 0 heterocycles. The molecule has 0 aromatic carbocycles. The van der Waals surface area contributed by atoms with E-state index < -0.39 is 17.1 Å². The number of aliphatic hydroxyl groups excluding tert-OH is 2. The van der Waals surface area contributed by atoms with Gasteiger partial charge in [-0.1, -0.05) is 44.9 Å². The molecule has 0 amide bonds. The average molecular weight is 332 g/mol. The molecule has 0 spiro atoms. The summed E-state index contributed by atoms with van der Waals surface area (Å²) >= 11 is 0. The molecule has 4 rings (SSSR count). The fraction of sp³-hybridized carbons (Fsp3) is 0.810. The highest BCUT2D eigenvalue weighted by molar-refractivity contribution is 5.46. The van der Waals surface area contributed by atoms with Gasteiger partial charge in [0.15, 0.2) is 0 Å². The molecular formula is C21H32O3. The summed E-state index contributed by atoms with van der Waals surface area (Å²) in [5, 5.41) is 33.1. The summed E-state index contributed by atoms with van der Waals surface area (Å²) in [5.41, 5.74) is 0.676. The largest absolute Gasteiger partial charge is 0.393 e. The molecule has 3 nitrogen and oxygen atoms in total.